The normalized spacial score (nSPS) is 11.7. The number of alkyl carbamates (subject to hydrolysis) is 1. The molecule has 0 heterocycles. The van der Waals surface area contributed by atoms with Gasteiger partial charge in [-0.25, -0.2) is 9.59 Å². The summed E-state index contributed by atoms with van der Waals surface area (Å²) in [5.41, 5.74) is 0.172. The van der Waals surface area contributed by atoms with Gasteiger partial charge in [0.15, 0.2) is 0 Å². The van der Waals surface area contributed by atoms with Crippen molar-refractivity contribution in [2.75, 3.05) is 6.61 Å². The number of ether oxygens (including phenoxy) is 2. The molecule has 0 fully saturated rings. The van der Waals surface area contributed by atoms with Crippen LogP contribution >= 0.6 is 0 Å². The summed E-state index contributed by atoms with van der Waals surface area (Å²) in [6.45, 7) is 7.17. The molecule has 21 heavy (non-hydrogen) atoms. The predicted molar refractivity (Wildman–Crippen MR) is 80.4 cm³/mol. The summed E-state index contributed by atoms with van der Waals surface area (Å²) in [6.07, 6.45) is 0.847. The smallest absolute Gasteiger partial charge is 0.412 e. The van der Waals surface area contributed by atoms with Crippen LogP contribution in [0.25, 0.3) is 6.08 Å². The van der Waals surface area contributed by atoms with Crippen molar-refractivity contribution in [1.82, 2.24) is 5.32 Å². The van der Waals surface area contributed by atoms with Crippen molar-refractivity contribution < 1.29 is 19.1 Å². The zero-order valence-electron chi connectivity index (χ0n) is 12.8. The summed E-state index contributed by atoms with van der Waals surface area (Å²) in [7, 11) is 0. The van der Waals surface area contributed by atoms with E-state index in [0.29, 0.717) is 0 Å². The lowest BCUT2D eigenvalue weighted by Gasteiger charge is -2.20. The minimum Gasteiger partial charge on any atom is -0.461 e. The first-order chi connectivity index (χ1) is 9.81. The van der Waals surface area contributed by atoms with Crippen LogP contribution in [0.1, 0.15) is 33.3 Å². The van der Waals surface area contributed by atoms with E-state index in [0.717, 1.165) is 5.56 Å². The number of carbonyl (C=O) groups is 2. The Labute approximate surface area is 124 Å². The number of benzene rings is 1. The van der Waals surface area contributed by atoms with Gasteiger partial charge in [-0.15, -0.1) is 0 Å². The second-order valence-corrected chi connectivity index (χ2v) is 5.32. The van der Waals surface area contributed by atoms with Crippen molar-refractivity contribution in [1.29, 1.82) is 0 Å². The maximum Gasteiger partial charge on any atom is 0.412 e. The van der Waals surface area contributed by atoms with Gasteiger partial charge in [0, 0.05) is 0 Å². The third kappa shape index (κ3) is 6.61. The Kier molecular flexibility index (Phi) is 5.96. The quantitative estimate of drug-likeness (QED) is 0.684. The highest BCUT2D eigenvalue weighted by molar-refractivity contribution is 5.96. The van der Waals surface area contributed by atoms with Crippen molar-refractivity contribution in [3.05, 3.63) is 41.6 Å². The van der Waals surface area contributed by atoms with E-state index in [1.807, 2.05) is 30.3 Å². The summed E-state index contributed by atoms with van der Waals surface area (Å²) in [4.78, 5) is 23.7. The van der Waals surface area contributed by atoms with Crippen LogP contribution in [0.2, 0.25) is 0 Å². The van der Waals surface area contributed by atoms with Crippen molar-refractivity contribution in [2.45, 2.75) is 33.3 Å². The van der Waals surface area contributed by atoms with E-state index in [2.05, 4.69) is 5.32 Å². The van der Waals surface area contributed by atoms with E-state index in [9.17, 15) is 9.59 Å². The number of amides is 1. The highest BCUT2D eigenvalue weighted by Gasteiger charge is 2.20. The lowest BCUT2D eigenvalue weighted by atomic mass is 10.2. The molecule has 0 saturated carbocycles. The number of esters is 1. The summed E-state index contributed by atoms with van der Waals surface area (Å²) in [5.74, 6) is -0.604. The lowest BCUT2D eigenvalue weighted by Crippen LogP contribution is -2.34. The average Bonchev–Trinajstić information content (AvgIpc) is 2.37. The number of rotatable bonds is 4. The molecule has 5 nitrogen and oxygen atoms in total. The standard InChI is InChI=1S/C16H21NO4/c1-5-20-14(18)13(11-12-9-7-6-8-10-12)17-15(19)21-16(2,3)4/h6-11H,5H2,1-4H3,(H,17,19)/b13-11-. The van der Waals surface area contributed by atoms with Crippen molar-refractivity contribution in [3.63, 3.8) is 0 Å². The first kappa shape index (κ1) is 16.8. The minimum absolute atomic E-state index is 0.0392. The van der Waals surface area contributed by atoms with Crippen LogP contribution < -0.4 is 5.32 Å². The third-order valence-corrected chi connectivity index (χ3v) is 2.24. The largest absolute Gasteiger partial charge is 0.461 e. The van der Waals surface area contributed by atoms with Crippen LogP contribution in [0.5, 0.6) is 0 Å². The Morgan fingerprint density at radius 3 is 2.33 bits per heavy atom. The topological polar surface area (TPSA) is 64.6 Å². The summed E-state index contributed by atoms with van der Waals surface area (Å²) >= 11 is 0. The molecule has 1 rings (SSSR count). The SMILES string of the molecule is CCOC(=O)/C(=C/c1ccccc1)NC(=O)OC(C)(C)C. The molecule has 0 atom stereocenters. The van der Waals surface area contributed by atoms with Gasteiger partial charge in [0.1, 0.15) is 11.3 Å². The van der Waals surface area contributed by atoms with Gasteiger partial charge in [0.25, 0.3) is 0 Å². The van der Waals surface area contributed by atoms with Gasteiger partial charge in [0.05, 0.1) is 6.61 Å². The number of hydrogen-bond acceptors (Lipinski definition) is 4. The summed E-state index contributed by atoms with van der Waals surface area (Å²) in [5, 5.41) is 2.43. The molecule has 0 bridgehead atoms. The molecular formula is C16H21NO4. The van der Waals surface area contributed by atoms with Gasteiger partial charge < -0.3 is 9.47 Å². The van der Waals surface area contributed by atoms with Crippen LogP contribution in [0, 0.1) is 0 Å². The number of hydrogen-bond donors (Lipinski definition) is 1. The monoisotopic (exact) mass is 291 g/mol. The van der Waals surface area contributed by atoms with E-state index in [-0.39, 0.29) is 12.3 Å². The zero-order valence-corrected chi connectivity index (χ0v) is 12.8. The van der Waals surface area contributed by atoms with Crippen LogP contribution in [0.15, 0.2) is 36.0 Å². The molecule has 1 aromatic rings. The maximum atomic E-state index is 11.9. The fourth-order valence-corrected chi connectivity index (χ4v) is 1.48. The molecule has 1 amide bonds. The molecule has 5 heteroatoms. The number of nitrogens with one attached hydrogen (secondary N) is 1. The summed E-state index contributed by atoms with van der Waals surface area (Å²) in [6, 6.07) is 9.17. The van der Waals surface area contributed by atoms with Crippen LogP contribution in [0.3, 0.4) is 0 Å². The van der Waals surface area contributed by atoms with E-state index >= 15 is 0 Å². The first-order valence-electron chi connectivity index (χ1n) is 6.75. The summed E-state index contributed by atoms with van der Waals surface area (Å²) < 4.78 is 10.1. The molecule has 0 saturated heterocycles. The maximum absolute atomic E-state index is 11.9. The Hall–Kier alpha value is -2.30. The first-order valence-corrected chi connectivity index (χ1v) is 6.75. The Morgan fingerprint density at radius 2 is 1.81 bits per heavy atom. The highest BCUT2D eigenvalue weighted by Crippen LogP contribution is 2.10. The molecule has 0 aliphatic carbocycles. The van der Waals surface area contributed by atoms with E-state index < -0.39 is 17.7 Å². The van der Waals surface area contributed by atoms with Crippen molar-refractivity contribution in [3.8, 4) is 0 Å². The molecule has 0 spiro atoms. The van der Waals surface area contributed by atoms with E-state index in [1.54, 1.807) is 33.8 Å². The molecule has 0 aromatic heterocycles. The Bertz CT molecular complexity index is 515. The Balaban J connectivity index is 2.91. The molecule has 0 radical (unpaired) electrons. The zero-order chi connectivity index (χ0) is 15.9. The molecule has 1 aromatic carbocycles. The minimum atomic E-state index is -0.697. The fourth-order valence-electron chi connectivity index (χ4n) is 1.48. The van der Waals surface area contributed by atoms with Crippen LogP contribution in [-0.4, -0.2) is 24.3 Å². The average molecular weight is 291 g/mol. The number of carbonyl (C=O) groups excluding carboxylic acids is 2. The van der Waals surface area contributed by atoms with Gasteiger partial charge in [-0.1, -0.05) is 30.3 Å². The third-order valence-electron chi connectivity index (χ3n) is 2.24. The van der Waals surface area contributed by atoms with Crippen LogP contribution in [0.4, 0.5) is 4.79 Å². The van der Waals surface area contributed by atoms with Crippen LogP contribution in [-0.2, 0) is 14.3 Å². The molecule has 0 aliphatic rings. The molecule has 1 N–H and O–H groups in total. The lowest BCUT2D eigenvalue weighted by molar-refractivity contribution is -0.138. The van der Waals surface area contributed by atoms with E-state index in [4.69, 9.17) is 9.47 Å². The van der Waals surface area contributed by atoms with Gasteiger partial charge in [0.2, 0.25) is 0 Å². The van der Waals surface area contributed by atoms with Crippen molar-refractivity contribution in [2.24, 2.45) is 0 Å². The van der Waals surface area contributed by atoms with Gasteiger partial charge in [-0.2, -0.15) is 0 Å². The molecule has 0 aliphatic heterocycles. The van der Waals surface area contributed by atoms with E-state index in [1.165, 1.54) is 0 Å². The fraction of sp³-hybridized carbons (Fsp3) is 0.375. The van der Waals surface area contributed by atoms with Crippen molar-refractivity contribution >= 4 is 18.1 Å². The molecular weight excluding hydrogens is 270 g/mol. The highest BCUT2D eigenvalue weighted by atomic mass is 16.6. The second-order valence-electron chi connectivity index (χ2n) is 5.32. The Morgan fingerprint density at radius 1 is 1.19 bits per heavy atom. The molecule has 0 unspecified atom stereocenters. The predicted octanol–water partition coefficient (Wildman–Crippen LogP) is 3.12. The second kappa shape index (κ2) is 7.47. The molecule has 114 valence electrons. The van der Waals surface area contributed by atoms with Gasteiger partial charge in [-0.3, -0.25) is 5.32 Å². The van der Waals surface area contributed by atoms with Gasteiger partial charge in [-0.05, 0) is 39.3 Å². The van der Waals surface area contributed by atoms with Gasteiger partial charge >= 0.3 is 12.1 Å².